The Morgan fingerprint density at radius 3 is 2.37 bits per heavy atom. The largest absolute Gasteiger partial charge is 0.492 e. The minimum absolute atomic E-state index is 0.0377. The SMILES string of the molecule is CS(=O)(=O)N(CCCC(=O)NCCOc1ccc(F)cc1)c1cc(Cl)c(Cl)cc1Cl. The molecule has 0 saturated carbocycles. The number of rotatable bonds is 10. The van der Waals surface area contributed by atoms with Gasteiger partial charge in [0.2, 0.25) is 15.9 Å². The Morgan fingerprint density at radius 1 is 1.10 bits per heavy atom. The van der Waals surface area contributed by atoms with Crippen LogP contribution in [-0.4, -0.2) is 40.3 Å². The third-order valence-electron chi connectivity index (χ3n) is 3.93. The number of amides is 1. The average Bonchev–Trinajstić information content (AvgIpc) is 2.66. The summed E-state index contributed by atoms with van der Waals surface area (Å²) in [5.41, 5.74) is 0.196. The lowest BCUT2D eigenvalue weighted by Gasteiger charge is -2.24. The summed E-state index contributed by atoms with van der Waals surface area (Å²) in [7, 11) is -3.65. The molecular formula is C19H20Cl3FN2O4S. The van der Waals surface area contributed by atoms with Crippen LogP contribution in [0.5, 0.6) is 5.75 Å². The molecule has 0 radical (unpaired) electrons. The van der Waals surface area contributed by atoms with E-state index in [1.54, 1.807) is 0 Å². The molecule has 0 heterocycles. The first-order valence-electron chi connectivity index (χ1n) is 8.85. The number of anilines is 1. The van der Waals surface area contributed by atoms with Gasteiger partial charge in [-0.25, -0.2) is 12.8 Å². The number of nitrogens with zero attached hydrogens (tertiary/aromatic N) is 1. The number of halogens is 4. The molecule has 0 aromatic heterocycles. The Kier molecular flexibility index (Phi) is 9.03. The van der Waals surface area contributed by atoms with Crippen molar-refractivity contribution in [2.75, 3.05) is 30.3 Å². The van der Waals surface area contributed by atoms with Crippen molar-refractivity contribution in [3.05, 3.63) is 57.3 Å². The molecule has 0 spiro atoms. The summed E-state index contributed by atoms with van der Waals surface area (Å²) in [5.74, 6) is -0.125. The molecule has 2 aromatic rings. The van der Waals surface area contributed by atoms with E-state index in [1.807, 2.05) is 0 Å². The van der Waals surface area contributed by atoms with Gasteiger partial charge in [0, 0.05) is 13.0 Å². The lowest BCUT2D eigenvalue weighted by molar-refractivity contribution is -0.121. The molecule has 1 N–H and O–H groups in total. The number of sulfonamides is 1. The topological polar surface area (TPSA) is 75.7 Å². The molecular weight excluding hydrogens is 478 g/mol. The molecule has 6 nitrogen and oxygen atoms in total. The Morgan fingerprint density at radius 2 is 1.73 bits per heavy atom. The summed E-state index contributed by atoms with van der Waals surface area (Å²) in [5, 5.41) is 3.19. The van der Waals surface area contributed by atoms with Gasteiger partial charge in [0.1, 0.15) is 18.2 Å². The quantitative estimate of drug-likeness (QED) is 0.387. The number of hydrogen-bond donors (Lipinski definition) is 1. The second kappa shape index (κ2) is 11.0. The lowest BCUT2D eigenvalue weighted by atomic mass is 10.2. The van der Waals surface area contributed by atoms with E-state index in [-0.39, 0.29) is 65.0 Å². The van der Waals surface area contributed by atoms with Crippen LogP contribution < -0.4 is 14.4 Å². The number of carbonyl (C=O) groups is 1. The molecule has 30 heavy (non-hydrogen) atoms. The summed E-state index contributed by atoms with van der Waals surface area (Å²) in [4.78, 5) is 12.0. The van der Waals surface area contributed by atoms with E-state index < -0.39 is 10.0 Å². The van der Waals surface area contributed by atoms with Crippen molar-refractivity contribution in [2.24, 2.45) is 0 Å². The first-order valence-corrected chi connectivity index (χ1v) is 11.8. The van der Waals surface area contributed by atoms with Gasteiger partial charge in [0.25, 0.3) is 0 Å². The van der Waals surface area contributed by atoms with Crippen LogP contribution in [0.4, 0.5) is 10.1 Å². The van der Waals surface area contributed by atoms with Crippen molar-refractivity contribution in [3.63, 3.8) is 0 Å². The molecule has 164 valence electrons. The van der Waals surface area contributed by atoms with Crippen LogP contribution in [0, 0.1) is 5.82 Å². The Hall–Kier alpha value is -1.74. The van der Waals surface area contributed by atoms with E-state index in [0.717, 1.165) is 10.6 Å². The van der Waals surface area contributed by atoms with E-state index in [9.17, 15) is 17.6 Å². The summed E-state index contributed by atoms with van der Waals surface area (Å²) in [6.45, 7) is 0.506. The van der Waals surface area contributed by atoms with Gasteiger partial charge in [-0.05, 0) is 42.8 Å². The van der Waals surface area contributed by atoms with Gasteiger partial charge >= 0.3 is 0 Å². The maximum atomic E-state index is 12.8. The predicted molar refractivity (Wildman–Crippen MR) is 118 cm³/mol. The third kappa shape index (κ3) is 7.50. The Balaban J connectivity index is 1.83. The normalized spacial score (nSPS) is 11.2. The van der Waals surface area contributed by atoms with Gasteiger partial charge in [-0.3, -0.25) is 9.10 Å². The van der Waals surface area contributed by atoms with E-state index >= 15 is 0 Å². The van der Waals surface area contributed by atoms with Crippen molar-refractivity contribution in [1.29, 1.82) is 0 Å². The van der Waals surface area contributed by atoms with Crippen LogP contribution in [0.1, 0.15) is 12.8 Å². The standard InChI is InChI=1S/C19H20Cl3FN2O4S/c1-30(27,28)25(18-12-16(21)15(20)11-17(18)22)9-2-3-19(26)24-8-10-29-14-6-4-13(23)5-7-14/h4-7,11-12H,2-3,8-10H2,1H3,(H,24,26). The number of hydrogen-bond acceptors (Lipinski definition) is 4. The van der Waals surface area contributed by atoms with Crippen LogP contribution in [0.2, 0.25) is 15.1 Å². The minimum atomic E-state index is -3.65. The molecule has 1 amide bonds. The van der Waals surface area contributed by atoms with E-state index in [4.69, 9.17) is 39.5 Å². The van der Waals surface area contributed by atoms with Crippen LogP contribution >= 0.6 is 34.8 Å². The summed E-state index contributed by atoms with van der Waals surface area (Å²) >= 11 is 18.0. The summed E-state index contributed by atoms with van der Waals surface area (Å²) in [6, 6.07) is 8.28. The van der Waals surface area contributed by atoms with Crippen LogP contribution in [-0.2, 0) is 14.8 Å². The van der Waals surface area contributed by atoms with Gasteiger partial charge in [-0.1, -0.05) is 34.8 Å². The maximum absolute atomic E-state index is 12.8. The van der Waals surface area contributed by atoms with Crippen molar-refractivity contribution in [3.8, 4) is 5.75 Å². The van der Waals surface area contributed by atoms with E-state index in [0.29, 0.717) is 5.75 Å². The Bertz CT molecular complexity index is 988. The highest BCUT2D eigenvalue weighted by molar-refractivity contribution is 7.92. The van der Waals surface area contributed by atoms with E-state index in [2.05, 4.69) is 5.32 Å². The average molecular weight is 498 g/mol. The van der Waals surface area contributed by atoms with E-state index in [1.165, 1.54) is 36.4 Å². The first-order chi connectivity index (χ1) is 14.1. The fourth-order valence-electron chi connectivity index (χ4n) is 2.53. The smallest absolute Gasteiger partial charge is 0.232 e. The second-order valence-electron chi connectivity index (χ2n) is 6.31. The maximum Gasteiger partial charge on any atom is 0.232 e. The van der Waals surface area contributed by atoms with Crippen molar-refractivity contribution < 1.29 is 22.3 Å². The zero-order valence-corrected chi connectivity index (χ0v) is 19.1. The van der Waals surface area contributed by atoms with Crippen LogP contribution in [0.25, 0.3) is 0 Å². The van der Waals surface area contributed by atoms with Gasteiger partial charge in [0.05, 0.1) is 33.6 Å². The van der Waals surface area contributed by atoms with Crippen LogP contribution in [0.15, 0.2) is 36.4 Å². The summed E-state index contributed by atoms with van der Waals surface area (Å²) in [6.07, 6.45) is 1.40. The zero-order valence-electron chi connectivity index (χ0n) is 16.0. The number of carbonyl (C=O) groups excluding carboxylic acids is 1. The number of nitrogens with one attached hydrogen (secondary N) is 1. The first kappa shape index (κ1) is 24.5. The molecule has 11 heteroatoms. The molecule has 0 aliphatic carbocycles. The third-order valence-corrected chi connectivity index (χ3v) is 6.14. The van der Waals surface area contributed by atoms with Crippen LogP contribution in [0.3, 0.4) is 0 Å². The predicted octanol–water partition coefficient (Wildman–Crippen LogP) is 4.53. The Labute approximate surface area is 189 Å². The molecule has 0 unspecified atom stereocenters. The monoisotopic (exact) mass is 496 g/mol. The van der Waals surface area contributed by atoms with Gasteiger partial charge < -0.3 is 10.1 Å². The molecule has 2 aromatic carbocycles. The van der Waals surface area contributed by atoms with Gasteiger partial charge in [-0.15, -0.1) is 0 Å². The molecule has 0 saturated heterocycles. The highest BCUT2D eigenvalue weighted by Gasteiger charge is 2.21. The molecule has 0 fully saturated rings. The van der Waals surface area contributed by atoms with Crippen molar-refractivity contribution in [1.82, 2.24) is 5.32 Å². The molecule has 0 aliphatic heterocycles. The molecule has 2 rings (SSSR count). The van der Waals surface area contributed by atoms with Crippen molar-refractivity contribution in [2.45, 2.75) is 12.8 Å². The van der Waals surface area contributed by atoms with Gasteiger partial charge in [0.15, 0.2) is 0 Å². The van der Waals surface area contributed by atoms with Gasteiger partial charge in [-0.2, -0.15) is 0 Å². The fraction of sp³-hybridized carbons (Fsp3) is 0.316. The molecule has 0 bridgehead atoms. The summed E-state index contributed by atoms with van der Waals surface area (Å²) < 4.78 is 43.6. The molecule has 0 atom stereocenters. The molecule has 0 aliphatic rings. The zero-order chi connectivity index (χ0) is 22.3. The second-order valence-corrected chi connectivity index (χ2v) is 9.44. The lowest BCUT2D eigenvalue weighted by Crippen LogP contribution is -2.33. The highest BCUT2D eigenvalue weighted by atomic mass is 35.5. The number of ether oxygens (including phenoxy) is 1. The van der Waals surface area contributed by atoms with Crippen molar-refractivity contribution >= 4 is 56.4 Å². The fourth-order valence-corrected chi connectivity index (χ4v) is 4.19. The minimum Gasteiger partial charge on any atom is -0.492 e. The highest BCUT2D eigenvalue weighted by Crippen LogP contribution is 2.35. The number of benzene rings is 2.